The summed E-state index contributed by atoms with van der Waals surface area (Å²) in [7, 11) is 1.21. The minimum absolute atomic E-state index is 0.107. The number of anilines is 1. The van der Waals surface area contributed by atoms with Gasteiger partial charge in [-0.25, -0.2) is 14.2 Å². The highest BCUT2D eigenvalue weighted by molar-refractivity contribution is 6.31. The molecule has 184 valence electrons. The first-order valence-electron chi connectivity index (χ1n) is 11.0. The van der Waals surface area contributed by atoms with Gasteiger partial charge in [0.05, 0.1) is 29.9 Å². The van der Waals surface area contributed by atoms with Crippen LogP contribution in [0.5, 0.6) is 5.75 Å². The molecule has 0 N–H and O–H groups in total. The van der Waals surface area contributed by atoms with E-state index in [1.165, 1.54) is 19.2 Å². The number of ether oxygens (including phenoxy) is 2. The van der Waals surface area contributed by atoms with E-state index in [9.17, 15) is 22.4 Å². The zero-order valence-electron chi connectivity index (χ0n) is 18.8. The molecule has 2 aliphatic rings. The molecule has 1 aliphatic carbocycles. The van der Waals surface area contributed by atoms with Gasteiger partial charge in [-0.1, -0.05) is 18.5 Å². The maximum Gasteiger partial charge on any atom is 0.418 e. The Morgan fingerprint density at radius 1 is 1.24 bits per heavy atom. The van der Waals surface area contributed by atoms with Crippen molar-refractivity contribution in [2.45, 2.75) is 44.7 Å². The molecule has 0 spiro atoms. The molecule has 4 rings (SSSR count). The molecule has 10 heteroatoms. The summed E-state index contributed by atoms with van der Waals surface area (Å²) in [6.07, 6.45) is -0.320. The minimum Gasteiger partial charge on any atom is -0.493 e. The fraction of sp³-hybridized carbons (Fsp3) is 0.500. The number of carbonyl (C=O) groups excluding carboxylic acids is 1. The summed E-state index contributed by atoms with van der Waals surface area (Å²) >= 11 is 5.68. The van der Waals surface area contributed by atoms with Crippen molar-refractivity contribution in [2.24, 2.45) is 5.41 Å². The lowest BCUT2D eigenvalue weighted by atomic mass is 9.81. The van der Waals surface area contributed by atoms with Gasteiger partial charge in [0.2, 0.25) is 0 Å². The SMILES string of the molecule is COC(=O)c1cc(C2CC2)c(OCC2(C)CCN(c3cc(C(F)(F)F)c(Cl)cn3)CC2)cc1F. The molecule has 1 saturated carbocycles. The molecule has 1 aliphatic heterocycles. The Labute approximate surface area is 200 Å². The highest BCUT2D eigenvalue weighted by Gasteiger charge is 2.36. The number of aromatic nitrogens is 1. The number of halogens is 5. The van der Waals surface area contributed by atoms with E-state index in [1.54, 1.807) is 4.90 Å². The third kappa shape index (κ3) is 5.24. The first-order chi connectivity index (χ1) is 16.0. The Bertz CT molecular complexity index is 1080. The number of pyridine rings is 1. The summed E-state index contributed by atoms with van der Waals surface area (Å²) in [6.45, 7) is 3.35. The zero-order valence-corrected chi connectivity index (χ0v) is 19.6. The van der Waals surface area contributed by atoms with Crippen LogP contribution < -0.4 is 9.64 Å². The summed E-state index contributed by atoms with van der Waals surface area (Å²) < 4.78 is 64.8. The molecule has 5 nitrogen and oxygen atoms in total. The second kappa shape index (κ2) is 9.24. The van der Waals surface area contributed by atoms with Gasteiger partial charge in [-0.3, -0.25) is 0 Å². The Morgan fingerprint density at radius 3 is 2.50 bits per heavy atom. The minimum atomic E-state index is -4.55. The summed E-state index contributed by atoms with van der Waals surface area (Å²) in [5.41, 5.74) is -0.465. The van der Waals surface area contributed by atoms with Crippen LogP contribution in [-0.4, -0.2) is 37.8 Å². The largest absolute Gasteiger partial charge is 0.493 e. The molecule has 0 radical (unpaired) electrons. The van der Waals surface area contributed by atoms with Crippen LogP contribution in [0.25, 0.3) is 0 Å². The Kier molecular flexibility index (Phi) is 6.68. The van der Waals surface area contributed by atoms with E-state index in [2.05, 4.69) is 9.72 Å². The average molecular weight is 501 g/mol. The van der Waals surface area contributed by atoms with Gasteiger partial charge < -0.3 is 14.4 Å². The lowest BCUT2D eigenvalue weighted by molar-refractivity contribution is -0.137. The van der Waals surface area contributed by atoms with Crippen molar-refractivity contribution in [2.75, 3.05) is 31.7 Å². The molecule has 2 heterocycles. The fourth-order valence-electron chi connectivity index (χ4n) is 4.17. The lowest BCUT2D eigenvalue weighted by Gasteiger charge is -2.40. The van der Waals surface area contributed by atoms with Gasteiger partial charge in [0, 0.05) is 30.8 Å². The van der Waals surface area contributed by atoms with Crippen LogP contribution in [0.15, 0.2) is 24.4 Å². The van der Waals surface area contributed by atoms with Crippen LogP contribution in [0.4, 0.5) is 23.4 Å². The van der Waals surface area contributed by atoms with E-state index in [0.717, 1.165) is 30.7 Å². The highest BCUT2D eigenvalue weighted by Crippen LogP contribution is 2.46. The number of rotatable bonds is 6. The standard InChI is InChI=1S/C24H25ClF4N2O3/c1-23(5-7-31(8-6-23)21-10-17(24(27,28)29)18(25)12-30-21)13-34-20-11-19(26)16(22(32)33-2)9-15(20)14-3-4-14/h9-12,14H,3-8,13H2,1-2H3. The van der Waals surface area contributed by atoms with Gasteiger partial charge in [0.15, 0.2) is 0 Å². The summed E-state index contributed by atoms with van der Waals surface area (Å²) in [6, 6.07) is 3.74. The van der Waals surface area contributed by atoms with E-state index in [-0.39, 0.29) is 22.7 Å². The van der Waals surface area contributed by atoms with Gasteiger partial charge in [-0.15, -0.1) is 0 Å². The first-order valence-corrected chi connectivity index (χ1v) is 11.4. The second-order valence-electron chi connectivity index (χ2n) is 9.24. The maximum atomic E-state index is 14.5. The third-order valence-corrected chi connectivity index (χ3v) is 6.84. The van der Waals surface area contributed by atoms with Gasteiger partial charge in [0.25, 0.3) is 0 Å². The Hall–Kier alpha value is -2.55. The molecule has 0 amide bonds. The molecule has 0 unspecified atom stereocenters. The van der Waals surface area contributed by atoms with Gasteiger partial charge in [0.1, 0.15) is 17.4 Å². The average Bonchev–Trinajstić information content (AvgIpc) is 3.63. The Balaban J connectivity index is 1.43. The number of hydrogen-bond donors (Lipinski definition) is 0. The van der Waals surface area contributed by atoms with Crippen molar-refractivity contribution in [3.63, 3.8) is 0 Å². The lowest BCUT2D eigenvalue weighted by Crippen LogP contribution is -2.42. The van der Waals surface area contributed by atoms with E-state index in [1.807, 2.05) is 6.92 Å². The quantitative estimate of drug-likeness (QED) is 0.347. The van der Waals surface area contributed by atoms with Gasteiger partial charge >= 0.3 is 12.1 Å². The van der Waals surface area contributed by atoms with Crippen LogP contribution >= 0.6 is 11.6 Å². The summed E-state index contributed by atoms with van der Waals surface area (Å²) in [5.74, 6) is -0.538. The predicted octanol–water partition coefficient (Wildman–Crippen LogP) is 6.24. The molecule has 2 aromatic rings. The number of nitrogens with zero attached hydrogens (tertiary/aromatic N) is 2. The van der Waals surface area contributed by atoms with Crippen LogP contribution in [0.3, 0.4) is 0 Å². The molecule has 2 fully saturated rings. The van der Waals surface area contributed by atoms with E-state index in [0.29, 0.717) is 38.3 Å². The molecule has 1 aromatic carbocycles. The number of benzene rings is 1. The number of esters is 1. The molecular formula is C24H25ClF4N2O3. The highest BCUT2D eigenvalue weighted by atomic mass is 35.5. The molecule has 0 bridgehead atoms. The molecule has 34 heavy (non-hydrogen) atoms. The molecular weight excluding hydrogens is 476 g/mol. The monoisotopic (exact) mass is 500 g/mol. The van der Waals surface area contributed by atoms with Gasteiger partial charge in [-0.05, 0) is 49.3 Å². The van der Waals surface area contributed by atoms with Crippen molar-refractivity contribution >= 4 is 23.4 Å². The summed E-state index contributed by atoms with van der Waals surface area (Å²) in [5, 5.41) is -0.427. The van der Waals surface area contributed by atoms with Crippen LogP contribution in [-0.2, 0) is 10.9 Å². The van der Waals surface area contributed by atoms with Crippen LogP contribution in [0.1, 0.15) is 60.0 Å². The topological polar surface area (TPSA) is 51.7 Å². The smallest absolute Gasteiger partial charge is 0.418 e. The fourth-order valence-corrected chi connectivity index (χ4v) is 4.38. The second-order valence-corrected chi connectivity index (χ2v) is 9.65. The Morgan fingerprint density at radius 2 is 1.91 bits per heavy atom. The zero-order chi connectivity index (χ0) is 24.7. The predicted molar refractivity (Wildman–Crippen MR) is 119 cm³/mol. The number of hydrogen-bond acceptors (Lipinski definition) is 5. The maximum absolute atomic E-state index is 14.5. The van der Waals surface area contributed by atoms with Crippen molar-refractivity contribution in [1.82, 2.24) is 4.98 Å². The first kappa shape index (κ1) is 24.6. The number of piperidine rings is 1. The number of carbonyl (C=O) groups is 1. The van der Waals surface area contributed by atoms with Crippen molar-refractivity contribution < 1.29 is 31.8 Å². The third-order valence-electron chi connectivity index (χ3n) is 6.54. The van der Waals surface area contributed by atoms with Crippen molar-refractivity contribution in [3.05, 3.63) is 51.9 Å². The van der Waals surface area contributed by atoms with Crippen molar-refractivity contribution in [3.8, 4) is 5.75 Å². The molecule has 0 atom stereocenters. The molecule has 1 aromatic heterocycles. The van der Waals surface area contributed by atoms with E-state index in [4.69, 9.17) is 16.3 Å². The summed E-state index contributed by atoms with van der Waals surface area (Å²) in [4.78, 5) is 17.7. The number of alkyl halides is 3. The molecule has 1 saturated heterocycles. The number of methoxy groups -OCH3 is 1. The van der Waals surface area contributed by atoms with E-state index < -0.39 is 28.5 Å². The van der Waals surface area contributed by atoms with Crippen LogP contribution in [0.2, 0.25) is 5.02 Å². The van der Waals surface area contributed by atoms with Crippen LogP contribution in [0, 0.1) is 11.2 Å². The van der Waals surface area contributed by atoms with Gasteiger partial charge in [-0.2, -0.15) is 13.2 Å². The van der Waals surface area contributed by atoms with E-state index >= 15 is 0 Å². The normalized spacial score (nSPS) is 18.0. The van der Waals surface area contributed by atoms with Crippen molar-refractivity contribution in [1.29, 1.82) is 0 Å².